The van der Waals surface area contributed by atoms with Gasteiger partial charge < -0.3 is 4.74 Å². The molecule has 0 N–H and O–H groups in total. The number of hydrogen-bond donors (Lipinski definition) is 0. The summed E-state index contributed by atoms with van der Waals surface area (Å²) >= 11 is 1.67. The van der Waals surface area contributed by atoms with Crippen LogP contribution >= 0.6 is 11.3 Å². The van der Waals surface area contributed by atoms with Crippen molar-refractivity contribution in [1.82, 2.24) is 9.88 Å². The Hall–Kier alpha value is -0.940. The van der Waals surface area contributed by atoms with E-state index in [2.05, 4.69) is 16.8 Å². The second-order valence-electron chi connectivity index (χ2n) is 4.09. The first kappa shape index (κ1) is 11.5. The van der Waals surface area contributed by atoms with E-state index in [4.69, 9.17) is 4.74 Å². The first-order chi connectivity index (χ1) is 7.72. The van der Waals surface area contributed by atoms with Gasteiger partial charge in [0.25, 0.3) is 0 Å². The number of thiazole rings is 1. The van der Waals surface area contributed by atoms with Crippen LogP contribution in [-0.4, -0.2) is 42.1 Å². The SMILES string of the molecule is COC(=O)C1CCN1CC(C)c1nccs1. The molecule has 4 nitrogen and oxygen atoms in total. The monoisotopic (exact) mass is 240 g/mol. The lowest BCUT2D eigenvalue weighted by molar-refractivity contribution is -0.152. The minimum atomic E-state index is -0.113. The summed E-state index contributed by atoms with van der Waals surface area (Å²) in [4.78, 5) is 17.9. The van der Waals surface area contributed by atoms with Crippen LogP contribution in [0.5, 0.6) is 0 Å². The fraction of sp³-hybridized carbons (Fsp3) is 0.636. The van der Waals surface area contributed by atoms with Crippen molar-refractivity contribution in [2.75, 3.05) is 20.2 Å². The van der Waals surface area contributed by atoms with Crippen LogP contribution in [0.25, 0.3) is 0 Å². The molecule has 16 heavy (non-hydrogen) atoms. The van der Waals surface area contributed by atoms with Gasteiger partial charge in [0.2, 0.25) is 0 Å². The Morgan fingerprint density at radius 2 is 2.62 bits per heavy atom. The number of aromatic nitrogens is 1. The van der Waals surface area contributed by atoms with Crippen LogP contribution in [0.1, 0.15) is 24.3 Å². The molecule has 1 aliphatic heterocycles. The third kappa shape index (κ3) is 2.25. The molecule has 0 radical (unpaired) electrons. The van der Waals surface area contributed by atoms with Gasteiger partial charge in [-0.05, 0) is 6.42 Å². The topological polar surface area (TPSA) is 42.4 Å². The van der Waals surface area contributed by atoms with Gasteiger partial charge in [0.1, 0.15) is 6.04 Å². The number of hydrogen-bond acceptors (Lipinski definition) is 5. The van der Waals surface area contributed by atoms with Crippen LogP contribution in [-0.2, 0) is 9.53 Å². The number of methoxy groups -OCH3 is 1. The molecule has 2 heterocycles. The molecule has 2 unspecified atom stereocenters. The summed E-state index contributed by atoms with van der Waals surface area (Å²) in [6.07, 6.45) is 2.74. The van der Waals surface area contributed by atoms with E-state index in [9.17, 15) is 4.79 Å². The zero-order valence-corrected chi connectivity index (χ0v) is 10.4. The minimum Gasteiger partial charge on any atom is -0.468 e. The molecule has 1 aromatic rings. The average molecular weight is 240 g/mol. The number of carbonyl (C=O) groups is 1. The average Bonchev–Trinajstić information content (AvgIpc) is 2.77. The normalized spacial score (nSPS) is 22.5. The molecule has 1 saturated heterocycles. The molecule has 0 aliphatic carbocycles. The number of carbonyl (C=O) groups excluding carboxylic acids is 1. The van der Waals surface area contributed by atoms with Crippen molar-refractivity contribution in [2.45, 2.75) is 25.3 Å². The lowest BCUT2D eigenvalue weighted by Gasteiger charge is -2.39. The number of nitrogens with zero attached hydrogens (tertiary/aromatic N) is 2. The maximum atomic E-state index is 11.4. The number of rotatable bonds is 4. The van der Waals surface area contributed by atoms with Crippen molar-refractivity contribution in [3.05, 3.63) is 16.6 Å². The third-order valence-corrected chi connectivity index (χ3v) is 3.99. The second kappa shape index (κ2) is 4.93. The highest BCUT2D eigenvalue weighted by Gasteiger charge is 2.35. The van der Waals surface area contributed by atoms with Gasteiger partial charge in [-0.3, -0.25) is 9.69 Å². The number of esters is 1. The van der Waals surface area contributed by atoms with Crippen LogP contribution in [0.4, 0.5) is 0 Å². The first-order valence-electron chi connectivity index (χ1n) is 5.43. The van der Waals surface area contributed by atoms with Gasteiger partial charge in [-0.1, -0.05) is 6.92 Å². The van der Waals surface area contributed by atoms with Crippen LogP contribution in [0.3, 0.4) is 0 Å². The molecular weight excluding hydrogens is 224 g/mol. The van der Waals surface area contributed by atoms with E-state index in [0.29, 0.717) is 5.92 Å². The molecule has 5 heteroatoms. The van der Waals surface area contributed by atoms with E-state index >= 15 is 0 Å². The van der Waals surface area contributed by atoms with E-state index in [0.717, 1.165) is 24.5 Å². The summed E-state index contributed by atoms with van der Waals surface area (Å²) in [6, 6.07) is -0.0348. The van der Waals surface area contributed by atoms with Crippen LogP contribution < -0.4 is 0 Å². The molecule has 0 amide bonds. The zero-order valence-electron chi connectivity index (χ0n) is 9.55. The van der Waals surface area contributed by atoms with Crippen molar-refractivity contribution < 1.29 is 9.53 Å². The molecule has 1 aromatic heterocycles. The maximum Gasteiger partial charge on any atom is 0.323 e. The lowest BCUT2D eigenvalue weighted by atomic mass is 10.0. The highest BCUT2D eigenvalue weighted by molar-refractivity contribution is 7.09. The maximum absolute atomic E-state index is 11.4. The summed E-state index contributed by atoms with van der Waals surface area (Å²) in [5.41, 5.74) is 0. The summed E-state index contributed by atoms with van der Waals surface area (Å²) in [6.45, 7) is 4.01. The van der Waals surface area contributed by atoms with Crippen LogP contribution in [0.15, 0.2) is 11.6 Å². The Morgan fingerprint density at radius 3 is 3.12 bits per heavy atom. The molecule has 2 atom stereocenters. The second-order valence-corrected chi connectivity index (χ2v) is 5.02. The number of ether oxygens (including phenoxy) is 1. The highest BCUT2D eigenvalue weighted by atomic mass is 32.1. The Bertz CT molecular complexity index is 353. The molecule has 0 spiro atoms. The third-order valence-electron chi connectivity index (χ3n) is 2.99. The number of likely N-dealkylation sites (tertiary alicyclic amines) is 1. The summed E-state index contributed by atoms with van der Waals surface area (Å²) in [5.74, 6) is 0.269. The first-order valence-corrected chi connectivity index (χ1v) is 6.31. The lowest BCUT2D eigenvalue weighted by Crippen LogP contribution is -2.53. The smallest absolute Gasteiger partial charge is 0.323 e. The van der Waals surface area contributed by atoms with Gasteiger partial charge >= 0.3 is 5.97 Å². The standard InChI is InChI=1S/C11H16N2O2S/c1-8(10-12-4-6-16-10)7-13-5-3-9(13)11(14)15-2/h4,6,8-9H,3,5,7H2,1-2H3. The molecule has 1 aliphatic rings. The molecule has 88 valence electrons. The molecule has 2 rings (SSSR count). The van der Waals surface area contributed by atoms with E-state index in [-0.39, 0.29) is 12.0 Å². The molecule has 1 fully saturated rings. The van der Waals surface area contributed by atoms with Crippen molar-refractivity contribution in [3.8, 4) is 0 Å². The molecule has 0 saturated carbocycles. The Balaban J connectivity index is 1.88. The van der Waals surface area contributed by atoms with E-state index in [1.54, 1.807) is 11.3 Å². The van der Waals surface area contributed by atoms with Gasteiger partial charge in [0, 0.05) is 30.6 Å². The predicted molar refractivity (Wildman–Crippen MR) is 62.5 cm³/mol. The Morgan fingerprint density at radius 1 is 1.81 bits per heavy atom. The van der Waals surface area contributed by atoms with Gasteiger partial charge in [-0.25, -0.2) is 4.98 Å². The van der Waals surface area contributed by atoms with E-state index < -0.39 is 0 Å². The highest BCUT2D eigenvalue weighted by Crippen LogP contribution is 2.25. The van der Waals surface area contributed by atoms with Crippen molar-refractivity contribution in [2.24, 2.45) is 0 Å². The zero-order chi connectivity index (χ0) is 11.5. The minimum absolute atomic E-state index is 0.0348. The van der Waals surface area contributed by atoms with Gasteiger partial charge in [0.05, 0.1) is 12.1 Å². The van der Waals surface area contributed by atoms with Crippen LogP contribution in [0.2, 0.25) is 0 Å². The van der Waals surface area contributed by atoms with E-state index in [1.807, 2.05) is 11.6 Å². The van der Waals surface area contributed by atoms with Gasteiger partial charge in [0.15, 0.2) is 0 Å². The summed E-state index contributed by atoms with van der Waals surface area (Å²) in [5, 5.41) is 3.12. The quantitative estimate of drug-likeness (QED) is 0.748. The Labute approximate surface area is 99.2 Å². The van der Waals surface area contributed by atoms with E-state index in [1.165, 1.54) is 7.11 Å². The largest absolute Gasteiger partial charge is 0.468 e. The predicted octanol–water partition coefficient (Wildman–Crippen LogP) is 1.49. The molecular formula is C11H16N2O2S. The fourth-order valence-electron chi connectivity index (χ4n) is 1.97. The molecule has 0 bridgehead atoms. The van der Waals surface area contributed by atoms with Gasteiger partial charge in [-0.15, -0.1) is 11.3 Å². The van der Waals surface area contributed by atoms with Gasteiger partial charge in [-0.2, -0.15) is 0 Å². The fourth-order valence-corrected chi connectivity index (χ4v) is 2.66. The Kier molecular flexibility index (Phi) is 3.56. The van der Waals surface area contributed by atoms with Crippen molar-refractivity contribution in [1.29, 1.82) is 0 Å². The van der Waals surface area contributed by atoms with Crippen molar-refractivity contribution in [3.63, 3.8) is 0 Å². The summed E-state index contributed by atoms with van der Waals surface area (Å²) < 4.78 is 4.76. The van der Waals surface area contributed by atoms with Crippen molar-refractivity contribution >= 4 is 17.3 Å². The summed E-state index contributed by atoms with van der Waals surface area (Å²) in [7, 11) is 1.45. The molecule has 0 aromatic carbocycles. The van der Waals surface area contributed by atoms with Crippen LogP contribution in [0, 0.1) is 0 Å².